The van der Waals surface area contributed by atoms with Gasteiger partial charge >= 0.3 is 0 Å². The molecule has 2 rings (SSSR count). The van der Waals surface area contributed by atoms with Gasteiger partial charge in [0.2, 0.25) is 0 Å². The lowest BCUT2D eigenvalue weighted by Crippen LogP contribution is -1.99. The van der Waals surface area contributed by atoms with Crippen LogP contribution in [0.3, 0.4) is 0 Å². The zero-order chi connectivity index (χ0) is 8.39. The minimum atomic E-state index is 0. The Morgan fingerprint density at radius 1 is 1.23 bits per heavy atom. The minimum Gasteiger partial charge on any atom is -0.384 e. The summed E-state index contributed by atoms with van der Waals surface area (Å²) in [4.78, 5) is 0. The maximum Gasteiger partial charge on any atom is 0.0517 e. The largest absolute Gasteiger partial charge is 0.384 e. The molecule has 0 amide bonds. The molecule has 1 aliphatic rings. The summed E-state index contributed by atoms with van der Waals surface area (Å²) in [7, 11) is 0. The third kappa shape index (κ3) is 2.38. The average Bonchev–Trinajstić information content (AvgIpc) is 2.30. The highest BCUT2D eigenvalue weighted by atomic mass is 79.9. The smallest absolute Gasteiger partial charge is 0.0517 e. The van der Waals surface area contributed by atoms with Crippen LogP contribution in [0.2, 0.25) is 0 Å². The molecular weight excluding hydrogens is 249 g/mol. The standard InChI is InChI=1S/C10H12BrN.ClH/c11-9-6-3-5-8-4-1-2-7-12-10(8)9;/h3,5-6,12H,1-2,4,7H2;1H. The van der Waals surface area contributed by atoms with Crippen molar-refractivity contribution in [1.82, 2.24) is 0 Å². The van der Waals surface area contributed by atoms with Crippen LogP contribution in [0.25, 0.3) is 0 Å². The summed E-state index contributed by atoms with van der Waals surface area (Å²) < 4.78 is 1.20. The van der Waals surface area contributed by atoms with Crippen LogP contribution in [0.5, 0.6) is 0 Å². The van der Waals surface area contributed by atoms with E-state index in [1.807, 2.05) is 0 Å². The summed E-state index contributed by atoms with van der Waals surface area (Å²) in [6, 6.07) is 6.41. The highest BCUT2D eigenvalue weighted by Gasteiger charge is 2.08. The van der Waals surface area contributed by atoms with Crippen LogP contribution in [-0.2, 0) is 6.42 Å². The Hall–Kier alpha value is -0.210. The van der Waals surface area contributed by atoms with Gasteiger partial charge in [0.15, 0.2) is 0 Å². The van der Waals surface area contributed by atoms with Gasteiger partial charge in [0.1, 0.15) is 0 Å². The van der Waals surface area contributed by atoms with Crippen LogP contribution in [0, 0.1) is 0 Å². The number of halogens is 2. The van der Waals surface area contributed by atoms with Gasteiger partial charge in [-0.1, -0.05) is 12.1 Å². The molecule has 1 aromatic rings. The van der Waals surface area contributed by atoms with Crippen LogP contribution in [0.15, 0.2) is 22.7 Å². The topological polar surface area (TPSA) is 12.0 Å². The van der Waals surface area contributed by atoms with E-state index in [0.29, 0.717) is 0 Å². The quantitative estimate of drug-likeness (QED) is 0.753. The summed E-state index contributed by atoms with van der Waals surface area (Å²) >= 11 is 3.55. The van der Waals surface area contributed by atoms with Gasteiger partial charge in [0.25, 0.3) is 0 Å². The molecule has 13 heavy (non-hydrogen) atoms. The highest BCUT2D eigenvalue weighted by Crippen LogP contribution is 2.29. The molecule has 0 unspecified atom stereocenters. The molecule has 0 radical (unpaired) electrons. The normalized spacial score (nSPS) is 14.8. The van der Waals surface area contributed by atoms with E-state index in [4.69, 9.17) is 0 Å². The fraction of sp³-hybridized carbons (Fsp3) is 0.400. The van der Waals surface area contributed by atoms with E-state index in [-0.39, 0.29) is 12.4 Å². The number of hydrogen-bond donors (Lipinski definition) is 1. The van der Waals surface area contributed by atoms with Crippen molar-refractivity contribution < 1.29 is 0 Å². The summed E-state index contributed by atoms with van der Waals surface area (Å²) in [5.41, 5.74) is 2.75. The van der Waals surface area contributed by atoms with Crippen molar-refractivity contribution in [3.63, 3.8) is 0 Å². The van der Waals surface area contributed by atoms with Gasteiger partial charge < -0.3 is 5.32 Å². The summed E-state index contributed by atoms with van der Waals surface area (Å²) in [6.45, 7) is 1.11. The predicted octanol–water partition coefficient (Wildman–Crippen LogP) is 3.62. The first-order chi connectivity index (χ1) is 5.88. The monoisotopic (exact) mass is 261 g/mol. The van der Waals surface area contributed by atoms with E-state index >= 15 is 0 Å². The van der Waals surface area contributed by atoms with Crippen LogP contribution in [0.1, 0.15) is 18.4 Å². The SMILES string of the molecule is Brc1cccc2c1NCCCC2.Cl. The average molecular weight is 263 g/mol. The molecule has 0 aromatic heterocycles. The molecule has 0 spiro atoms. The number of hydrogen-bond acceptors (Lipinski definition) is 1. The first kappa shape index (κ1) is 10.9. The van der Waals surface area contributed by atoms with Crippen molar-refractivity contribution in [2.75, 3.05) is 11.9 Å². The highest BCUT2D eigenvalue weighted by molar-refractivity contribution is 9.10. The van der Waals surface area contributed by atoms with Crippen LogP contribution in [0.4, 0.5) is 5.69 Å². The molecule has 0 saturated heterocycles. The van der Waals surface area contributed by atoms with Crippen LogP contribution in [-0.4, -0.2) is 6.54 Å². The van der Waals surface area contributed by atoms with Crippen molar-refractivity contribution in [1.29, 1.82) is 0 Å². The number of fused-ring (bicyclic) bond motifs is 1. The lowest BCUT2D eigenvalue weighted by Gasteiger charge is -2.08. The van der Waals surface area contributed by atoms with Crippen LogP contribution >= 0.6 is 28.3 Å². The molecule has 1 heterocycles. The molecule has 0 fully saturated rings. The molecule has 1 N–H and O–H groups in total. The Morgan fingerprint density at radius 2 is 2.08 bits per heavy atom. The minimum absolute atomic E-state index is 0. The van der Waals surface area contributed by atoms with Gasteiger partial charge in [-0.3, -0.25) is 0 Å². The molecule has 72 valence electrons. The number of nitrogens with one attached hydrogen (secondary N) is 1. The molecule has 0 saturated carbocycles. The molecular formula is C10H13BrClN. The molecule has 3 heteroatoms. The summed E-state index contributed by atoms with van der Waals surface area (Å²) in [5.74, 6) is 0. The molecule has 0 aliphatic carbocycles. The Kier molecular flexibility index (Phi) is 4.07. The van der Waals surface area contributed by atoms with E-state index in [0.717, 1.165) is 6.54 Å². The second kappa shape index (κ2) is 4.87. The number of aryl methyl sites for hydroxylation is 1. The lowest BCUT2D eigenvalue weighted by atomic mass is 10.1. The Labute approximate surface area is 93.5 Å². The first-order valence-corrected chi connectivity index (χ1v) is 5.18. The fourth-order valence-electron chi connectivity index (χ4n) is 1.63. The molecule has 0 atom stereocenters. The van der Waals surface area contributed by atoms with Crippen molar-refractivity contribution in [2.24, 2.45) is 0 Å². The summed E-state index contributed by atoms with van der Waals surface area (Å²) in [6.07, 6.45) is 3.79. The molecule has 1 aliphatic heterocycles. The second-order valence-electron chi connectivity index (χ2n) is 3.16. The predicted molar refractivity (Wildman–Crippen MR) is 62.8 cm³/mol. The van der Waals surface area contributed by atoms with Gasteiger partial charge in [-0.2, -0.15) is 0 Å². The molecule has 1 aromatic carbocycles. The molecule has 1 nitrogen and oxygen atoms in total. The third-order valence-electron chi connectivity index (χ3n) is 2.27. The zero-order valence-corrected chi connectivity index (χ0v) is 9.75. The van der Waals surface area contributed by atoms with Gasteiger partial charge in [-0.15, -0.1) is 12.4 Å². The van der Waals surface area contributed by atoms with E-state index in [2.05, 4.69) is 39.4 Å². The zero-order valence-electron chi connectivity index (χ0n) is 7.35. The van der Waals surface area contributed by atoms with Crippen LogP contribution < -0.4 is 5.32 Å². The summed E-state index contributed by atoms with van der Waals surface area (Å²) in [5, 5.41) is 3.45. The van der Waals surface area contributed by atoms with E-state index in [9.17, 15) is 0 Å². The Morgan fingerprint density at radius 3 is 2.92 bits per heavy atom. The van der Waals surface area contributed by atoms with E-state index < -0.39 is 0 Å². The van der Waals surface area contributed by atoms with Crippen molar-refractivity contribution in [3.8, 4) is 0 Å². The van der Waals surface area contributed by atoms with Crippen molar-refractivity contribution >= 4 is 34.0 Å². The third-order valence-corrected chi connectivity index (χ3v) is 2.94. The van der Waals surface area contributed by atoms with E-state index in [1.54, 1.807) is 0 Å². The van der Waals surface area contributed by atoms with Gasteiger partial charge in [0, 0.05) is 11.0 Å². The maximum atomic E-state index is 3.55. The lowest BCUT2D eigenvalue weighted by molar-refractivity contribution is 0.785. The number of rotatable bonds is 0. The van der Waals surface area contributed by atoms with Gasteiger partial charge in [-0.25, -0.2) is 0 Å². The van der Waals surface area contributed by atoms with Crippen molar-refractivity contribution in [3.05, 3.63) is 28.2 Å². The maximum absolute atomic E-state index is 3.55. The Balaban J connectivity index is 0.000000845. The van der Waals surface area contributed by atoms with Gasteiger partial charge in [-0.05, 0) is 46.8 Å². The number of anilines is 1. The first-order valence-electron chi connectivity index (χ1n) is 4.39. The van der Waals surface area contributed by atoms with Crippen molar-refractivity contribution in [2.45, 2.75) is 19.3 Å². The molecule has 0 bridgehead atoms. The number of benzene rings is 1. The number of para-hydroxylation sites is 1. The van der Waals surface area contributed by atoms with E-state index in [1.165, 1.54) is 35.0 Å². The second-order valence-corrected chi connectivity index (χ2v) is 4.01. The fourth-order valence-corrected chi connectivity index (χ4v) is 2.18. The van der Waals surface area contributed by atoms with Gasteiger partial charge in [0.05, 0.1) is 5.69 Å². The Bertz CT molecular complexity index is 288.